The lowest BCUT2D eigenvalue weighted by Gasteiger charge is -2.30. The van der Waals surface area contributed by atoms with E-state index in [9.17, 15) is 4.79 Å². The quantitative estimate of drug-likeness (QED) is 0.899. The molecule has 4 heteroatoms. The van der Waals surface area contributed by atoms with Crippen molar-refractivity contribution < 1.29 is 9.53 Å². The summed E-state index contributed by atoms with van der Waals surface area (Å²) in [4.78, 5) is 14.8. The standard InChI is InChI=1S/C20H32N2O2/c1-6-18(19(23)21-16-11-13-22(5)14-12-16)24-17-9-7-15(8-10-17)20(2,3)4/h7-10,16,18H,6,11-14H2,1-5H3,(H,21,23)/t18-/m0/s1. The number of nitrogens with one attached hydrogen (secondary N) is 1. The van der Waals surface area contributed by atoms with Crippen LogP contribution in [0.15, 0.2) is 24.3 Å². The van der Waals surface area contributed by atoms with Gasteiger partial charge in [-0.15, -0.1) is 0 Å². The molecule has 0 aliphatic carbocycles. The molecule has 1 aliphatic rings. The van der Waals surface area contributed by atoms with E-state index in [-0.39, 0.29) is 17.4 Å². The number of hydrogen-bond acceptors (Lipinski definition) is 3. The number of amides is 1. The van der Waals surface area contributed by atoms with Gasteiger partial charge in [0.2, 0.25) is 0 Å². The summed E-state index contributed by atoms with van der Waals surface area (Å²) in [7, 11) is 2.12. The van der Waals surface area contributed by atoms with E-state index >= 15 is 0 Å². The SMILES string of the molecule is CC[C@H](Oc1ccc(C(C)(C)C)cc1)C(=O)NC1CCN(C)CC1. The van der Waals surface area contributed by atoms with Crippen molar-refractivity contribution in [2.45, 2.75) is 64.5 Å². The zero-order valence-corrected chi connectivity index (χ0v) is 15.8. The van der Waals surface area contributed by atoms with Gasteiger partial charge in [0.05, 0.1) is 0 Å². The average molecular weight is 332 g/mol. The Morgan fingerprint density at radius 2 is 1.83 bits per heavy atom. The van der Waals surface area contributed by atoms with E-state index in [1.807, 2.05) is 19.1 Å². The highest BCUT2D eigenvalue weighted by Gasteiger charge is 2.24. The lowest BCUT2D eigenvalue weighted by Crippen LogP contribution is -2.47. The van der Waals surface area contributed by atoms with Crippen LogP contribution in [0.5, 0.6) is 5.75 Å². The van der Waals surface area contributed by atoms with E-state index in [1.54, 1.807) is 0 Å². The molecule has 1 atom stereocenters. The third-order valence-corrected chi connectivity index (χ3v) is 4.73. The Morgan fingerprint density at radius 1 is 1.25 bits per heavy atom. The maximum absolute atomic E-state index is 12.5. The normalized spacial score (nSPS) is 18.2. The van der Waals surface area contributed by atoms with Gasteiger partial charge in [-0.3, -0.25) is 4.79 Å². The van der Waals surface area contributed by atoms with E-state index in [0.29, 0.717) is 6.42 Å². The monoisotopic (exact) mass is 332 g/mol. The molecule has 1 fully saturated rings. The first-order valence-corrected chi connectivity index (χ1v) is 9.05. The molecule has 0 radical (unpaired) electrons. The summed E-state index contributed by atoms with van der Waals surface area (Å²) in [6, 6.07) is 8.36. The highest BCUT2D eigenvalue weighted by atomic mass is 16.5. The fourth-order valence-electron chi connectivity index (χ4n) is 2.97. The number of ether oxygens (including phenoxy) is 1. The van der Waals surface area contributed by atoms with E-state index < -0.39 is 6.10 Å². The Balaban J connectivity index is 1.92. The van der Waals surface area contributed by atoms with E-state index in [1.165, 1.54) is 5.56 Å². The number of likely N-dealkylation sites (tertiary alicyclic amines) is 1. The minimum Gasteiger partial charge on any atom is -0.481 e. The fraction of sp³-hybridized carbons (Fsp3) is 0.650. The van der Waals surface area contributed by atoms with Crippen LogP contribution in [0, 0.1) is 0 Å². The zero-order chi connectivity index (χ0) is 17.7. The maximum Gasteiger partial charge on any atom is 0.261 e. The Labute approximate surface area is 146 Å². The molecular formula is C20H32N2O2. The molecule has 24 heavy (non-hydrogen) atoms. The van der Waals surface area contributed by atoms with E-state index in [2.05, 4.69) is 50.2 Å². The second kappa shape index (κ2) is 8.02. The number of nitrogens with zero attached hydrogens (tertiary/aromatic N) is 1. The van der Waals surface area contributed by atoms with Crippen molar-refractivity contribution in [3.05, 3.63) is 29.8 Å². The molecule has 1 aromatic rings. The van der Waals surface area contributed by atoms with Gasteiger partial charge >= 0.3 is 0 Å². The molecule has 0 bridgehead atoms. The smallest absolute Gasteiger partial charge is 0.261 e. The molecular weight excluding hydrogens is 300 g/mol. The third kappa shape index (κ3) is 5.23. The molecule has 134 valence electrons. The molecule has 0 saturated carbocycles. The highest BCUT2D eigenvalue weighted by molar-refractivity contribution is 5.81. The number of carbonyl (C=O) groups is 1. The van der Waals surface area contributed by atoms with Gasteiger partial charge in [-0.2, -0.15) is 0 Å². The first-order valence-electron chi connectivity index (χ1n) is 9.05. The Bertz CT molecular complexity index is 526. The third-order valence-electron chi connectivity index (χ3n) is 4.73. The molecule has 1 aliphatic heterocycles. The van der Waals surface area contributed by atoms with Crippen molar-refractivity contribution in [1.29, 1.82) is 0 Å². The summed E-state index contributed by atoms with van der Waals surface area (Å²) in [5.41, 5.74) is 1.38. The van der Waals surface area contributed by atoms with Gasteiger partial charge in [0.1, 0.15) is 5.75 Å². The van der Waals surface area contributed by atoms with Crippen LogP contribution in [-0.4, -0.2) is 43.1 Å². The Morgan fingerprint density at radius 3 is 2.33 bits per heavy atom. The van der Waals surface area contributed by atoms with Gasteiger partial charge in [0, 0.05) is 6.04 Å². The molecule has 0 aromatic heterocycles. The van der Waals surface area contributed by atoms with Crippen molar-refractivity contribution in [3.8, 4) is 5.75 Å². The lowest BCUT2D eigenvalue weighted by atomic mass is 9.87. The fourth-order valence-corrected chi connectivity index (χ4v) is 2.97. The van der Waals surface area contributed by atoms with Gasteiger partial charge < -0.3 is 15.0 Å². The van der Waals surface area contributed by atoms with E-state index in [0.717, 1.165) is 31.7 Å². The largest absolute Gasteiger partial charge is 0.481 e. The van der Waals surface area contributed by atoms with Gasteiger partial charge in [0.25, 0.3) is 5.91 Å². The van der Waals surface area contributed by atoms with Crippen molar-refractivity contribution in [1.82, 2.24) is 10.2 Å². The van der Waals surface area contributed by atoms with Crippen molar-refractivity contribution >= 4 is 5.91 Å². The predicted octanol–water partition coefficient (Wildman–Crippen LogP) is 3.35. The van der Waals surface area contributed by atoms with Gasteiger partial charge in [-0.05, 0) is 62.5 Å². The van der Waals surface area contributed by atoms with Gasteiger partial charge in [-0.1, -0.05) is 39.8 Å². The maximum atomic E-state index is 12.5. The number of hydrogen-bond donors (Lipinski definition) is 1. The molecule has 2 rings (SSSR count). The average Bonchev–Trinajstić information content (AvgIpc) is 2.54. The van der Waals surface area contributed by atoms with Gasteiger partial charge in [0.15, 0.2) is 6.10 Å². The molecule has 4 nitrogen and oxygen atoms in total. The van der Waals surface area contributed by atoms with Crippen LogP contribution in [0.1, 0.15) is 52.5 Å². The summed E-state index contributed by atoms with van der Waals surface area (Å²) in [5, 5.41) is 3.16. The summed E-state index contributed by atoms with van der Waals surface area (Å²) < 4.78 is 5.93. The minimum atomic E-state index is -0.426. The van der Waals surface area contributed by atoms with Crippen LogP contribution in [0.3, 0.4) is 0 Å². The van der Waals surface area contributed by atoms with Crippen LogP contribution in [-0.2, 0) is 10.2 Å². The Hall–Kier alpha value is -1.55. The molecule has 1 aromatic carbocycles. The molecule has 1 heterocycles. The molecule has 0 spiro atoms. The summed E-state index contributed by atoms with van der Waals surface area (Å²) in [6.07, 6.45) is 2.27. The minimum absolute atomic E-state index is 0.00644. The number of benzene rings is 1. The van der Waals surface area contributed by atoms with Crippen LogP contribution < -0.4 is 10.1 Å². The number of piperidine rings is 1. The zero-order valence-electron chi connectivity index (χ0n) is 15.8. The lowest BCUT2D eigenvalue weighted by molar-refractivity contribution is -0.129. The second-order valence-electron chi connectivity index (χ2n) is 7.88. The van der Waals surface area contributed by atoms with Crippen LogP contribution in [0.2, 0.25) is 0 Å². The van der Waals surface area contributed by atoms with Crippen molar-refractivity contribution in [3.63, 3.8) is 0 Å². The first-order chi connectivity index (χ1) is 11.3. The first kappa shape index (κ1) is 18.8. The summed E-state index contributed by atoms with van der Waals surface area (Å²) >= 11 is 0. The molecule has 0 unspecified atom stereocenters. The highest BCUT2D eigenvalue weighted by Crippen LogP contribution is 2.25. The van der Waals surface area contributed by atoms with Crippen LogP contribution >= 0.6 is 0 Å². The molecule has 1 amide bonds. The van der Waals surface area contributed by atoms with Gasteiger partial charge in [-0.25, -0.2) is 0 Å². The van der Waals surface area contributed by atoms with Crippen molar-refractivity contribution in [2.75, 3.05) is 20.1 Å². The predicted molar refractivity (Wildman–Crippen MR) is 98.5 cm³/mol. The molecule has 1 saturated heterocycles. The topological polar surface area (TPSA) is 41.6 Å². The molecule has 1 N–H and O–H groups in total. The number of carbonyl (C=O) groups excluding carboxylic acids is 1. The summed E-state index contributed by atoms with van der Waals surface area (Å²) in [6.45, 7) is 10.6. The van der Waals surface area contributed by atoms with Crippen LogP contribution in [0.4, 0.5) is 0 Å². The summed E-state index contributed by atoms with van der Waals surface area (Å²) in [5.74, 6) is 0.764. The van der Waals surface area contributed by atoms with Crippen molar-refractivity contribution in [2.24, 2.45) is 0 Å². The number of rotatable bonds is 5. The second-order valence-corrected chi connectivity index (χ2v) is 7.88. The van der Waals surface area contributed by atoms with Crippen LogP contribution in [0.25, 0.3) is 0 Å². The van der Waals surface area contributed by atoms with E-state index in [4.69, 9.17) is 4.74 Å². The Kier molecular flexibility index (Phi) is 6.27.